The minimum Gasteiger partial charge on any atom is -0.484 e. The monoisotopic (exact) mass is 472 g/mol. The molecule has 0 saturated heterocycles. The van der Waals surface area contributed by atoms with Crippen LogP contribution in [0.4, 0.5) is 0 Å². The third-order valence-electron chi connectivity index (χ3n) is 6.00. The van der Waals surface area contributed by atoms with Crippen molar-refractivity contribution in [2.45, 2.75) is 52.6 Å². The Morgan fingerprint density at radius 1 is 0.886 bits per heavy atom. The van der Waals surface area contributed by atoms with Gasteiger partial charge in [0.05, 0.1) is 0 Å². The summed E-state index contributed by atoms with van der Waals surface area (Å²) in [5.74, 6) is 0.658. The van der Waals surface area contributed by atoms with Crippen LogP contribution >= 0.6 is 0 Å². The molecule has 0 aliphatic carbocycles. The molecule has 0 saturated carbocycles. The molecule has 0 aliphatic rings. The van der Waals surface area contributed by atoms with Crippen molar-refractivity contribution in [3.8, 4) is 5.75 Å². The highest BCUT2D eigenvalue weighted by Crippen LogP contribution is 2.20. The van der Waals surface area contributed by atoms with E-state index in [9.17, 15) is 9.59 Å². The molecule has 1 atom stereocenters. The van der Waals surface area contributed by atoms with Crippen molar-refractivity contribution in [3.05, 3.63) is 101 Å². The van der Waals surface area contributed by atoms with Gasteiger partial charge in [0.2, 0.25) is 5.91 Å². The fraction of sp³-hybridized carbons (Fsp3) is 0.333. The van der Waals surface area contributed by atoms with Crippen LogP contribution < -0.4 is 10.1 Å². The highest BCUT2D eigenvalue weighted by atomic mass is 16.5. The van der Waals surface area contributed by atoms with Gasteiger partial charge in [-0.15, -0.1) is 0 Å². The number of benzene rings is 3. The molecule has 3 rings (SSSR count). The molecule has 0 unspecified atom stereocenters. The standard InChI is InChI=1S/C30H36N2O3/c1-5-31-30(34)28(19-24-9-7-6-8-10-24)32(20-25-13-11-23(4)12-14-25)29(33)21-35-27-17-15-26(16-18-27)22(2)3/h6-18,22,28H,5,19-21H2,1-4H3,(H,31,34)/t28-/m1/s1. The van der Waals surface area contributed by atoms with Crippen LogP contribution in [0.3, 0.4) is 0 Å². The van der Waals surface area contributed by atoms with Gasteiger partial charge in [-0.25, -0.2) is 0 Å². The molecule has 35 heavy (non-hydrogen) atoms. The van der Waals surface area contributed by atoms with Crippen LogP contribution in [0.15, 0.2) is 78.9 Å². The van der Waals surface area contributed by atoms with Gasteiger partial charge in [0, 0.05) is 19.5 Å². The summed E-state index contributed by atoms with van der Waals surface area (Å²) in [6.07, 6.45) is 0.424. The van der Waals surface area contributed by atoms with Gasteiger partial charge < -0.3 is 15.0 Å². The van der Waals surface area contributed by atoms with Crippen molar-refractivity contribution < 1.29 is 14.3 Å². The lowest BCUT2D eigenvalue weighted by molar-refractivity contribution is -0.142. The van der Waals surface area contributed by atoms with Crippen LogP contribution in [0.5, 0.6) is 5.75 Å². The minimum atomic E-state index is -0.655. The van der Waals surface area contributed by atoms with E-state index in [1.54, 1.807) is 4.90 Å². The Balaban J connectivity index is 1.85. The minimum absolute atomic E-state index is 0.141. The highest BCUT2D eigenvalue weighted by Gasteiger charge is 2.30. The first-order valence-corrected chi connectivity index (χ1v) is 12.3. The Kier molecular flexibility index (Phi) is 9.47. The molecule has 0 fully saturated rings. The Morgan fingerprint density at radius 3 is 2.14 bits per heavy atom. The van der Waals surface area contributed by atoms with Crippen molar-refractivity contribution in [2.24, 2.45) is 0 Å². The van der Waals surface area contributed by atoms with E-state index in [-0.39, 0.29) is 18.4 Å². The van der Waals surface area contributed by atoms with Crippen LogP contribution in [0.1, 0.15) is 48.9 Å². The van der Waals surface area contributed by atoms with Crippen molar-refractivity contribution in [1.82, 2.24) is 10.2 Å². The molecule has 0 aromatic heterocycles. The lowest BCUT2D eigenvalue weighted by atomic mass is 10.0. The first kappa shape index (κ1) is 26.0. The predicted octanol–water partition coefficient (Wildman–Crippen LogP) is 5.27. The highest BCUT2D eigenvalue weighted by molar-refractivity contribution is 5.88. The smallest absolute Gasteiger partial charge is 0.261 e. The fourth-order valence-electron chi connectivity index (χ4n) is 3.91. The summed E-state index contributed by atoms with van der Waals surface area (Å²) in [5.41, 5.74) is 4.32. The number of hydrogen-bond acceptors (Lipinski definition) is 3. The number of ether oxygens (including phenoxy) is 1. The van der Waals surface area contributed by atoms with E-state index in [4.69, 9.17) is 4.74 Å². The topological polar surface area (TPSA) is 58.6 Å². The average Bonchev–Trinajstić information content (AvgIpc) is 2.86. The number of carbonyl (C=O) groups excluding carboxylic acids is 2. The second kappa shape index (κ2) is 12.7. The number of nitrogens with one attached hydrogen (secondary N) is 1. The molecule has 0 spiro atoms. The Bertz CT molecular complexity index is 1080. The van der Waals surface area contributed by atoms with Crippen molar-refractivity contribution in [3.63, 3.8) is 0 Å². The van der Waals surface area contributed by atoms with E-state index in [0.717, 1.165) is 16.7 Å². The third-order valence-corrected chi connectivity index (χ3v) is 6.00. The second-order valence-electron chi connectivity index (χ2n) is 9.12. The molecule has 184 valence electrons. The van der Waals surface area contributed by atoms with Crippen molar-refractivity contribution >= 4 is 11.8 Å². The number of amides is 2. The molecule has 2 amide bonds. The van der Waals surface area contributed by atoms with Crippen LogP contribution in [0.2, 0.25) is 0 Å². The second-order valence-corrected chi connectivity index (χ2v) is 9.12. The van der Waals surface area contributed by atoms with Gasteiger partial charge in [-0.05, 0) is 48.6 Å². The SMILES string of the molecule is CCNC(=O)[C@@H](Cc1ccccc1)N(Cc1ccc(C)cc1)C(=O)COc1ccc(C(C)C)cc1. The van der Waals surface area contributed by atoms with Gasteiger partial charge in [0.15, 0.2) is 6.61 Å². The molecule has 0 aliphatic heterocycles. The van der Waals surface area contributed by atoms with Crippen molar-refractivity contribution in [2.75, 3.05) is 13.2 Å². The molecule has 0 radical (unpaired) electrons. The summed E-state index contributed by atoms with van der Waals surface area (Å²) in [6, 6.07) is 25.0. The van der Waals surface area contributed by atoms with Gasteiger partial charge in [-0.1, -0.05) is 86.1 Å². The maximum Gasteiger partial charge on any atom is 0.261 e. The van der Waals surface area contributed by atoms with E-state index in [0.29, 0.717) is 31.2 Å². The van der Waals surface area contributed by atoms with Crippen LogP contribution in [-0.2, 0) is 22.6 Å². The van der Waals surface area contributed by atoms with E-state index in [1.807, 2.05) is 92.7 Å². The van der Waals surface area contributed by atoms with E-state index >= 15 is 0 Å². The van der Waals surface area contributed by atoms with Crippen molar-refractivity contribution in [1.29, 1.82) is 0 Å². The molecule has 5 heteroatoms. The number of aryl methyl sites for hydroxylation is 1. The molecule has 1 N–H and O–H groups in total. The largest absolute Gasteiger partial charge is 0.484 e. The normalized spacial score (nSPS) is 11.7. The Labute approximate surface area is 209 Å². The molecule has 0 bridgehead atoms. The van der Waals surface area contributed by atoms with Gasteiger partial charge in [0.25, 0.3) is 5.91 Å². The summed E-state index contributed by atoms with van der Waals surface area (Å²) in [5, 5.41) is 2.91. The molecular weight excluding hydrogens is 436 g/mol. The molecular formula is C30H36N2O3. The average molecular weight is 473 g/mol. The Hall–Kier alpha value is -3.60. The number of nitrogens with zero attached hydrogens (tertiary/aromatic N) is 1. The molecule has 3 aromatic rings. The predicted molar refractivity (Wildman–Crippen MR) is 140 cm³/mol. The molecule has 3 aromatic carbocycles. The van der Waals surface area contributed by atoms with Gasteiger partial charge in [-0.3, -0.25) is 9.59 Å². The summed E-state index contributed by atoms with van der Waals surface area (Å²) < 4.78 is 5.86. The lowest BCUT2D eigenvalue weighted by Gasteiger charge is -2.31. The van der Waals surface area contributed by atoms with E-state index in [2.05, 4.69) is 19.2 Å². The van der Waals surface area contributed by atoms with Crippen LogP contribution in [-0.4, -0.2) is 35.9 Å². The number of hydrogen-bond donors (Lipinski definition) is 1. The number of carbonyl (C=O) groups is 2. The van der Waals surface area contributed by atoms with Gasteiger partial charge in [-0.2, -0.15) is 0 Å². The lowest BCUT2D eigenvalue weighted by Crippen LogP contribution is -2.51. The van der Waals surface area contributed by atoms with E-state index < -0.39 is 6.04 Å². The summed E-state index contributed by atoms with van der Waals surface area (Å²) in [6.45, 7) is 8.86. The summed E-state index contributed by atoms with van der Waals surface area (Å²) in [7, 11) is 0. The first-order valence-electron chi connectivity index (χ1n) is 12.3. The number of likely N-dealkylation sites (N-methyl/N-ethyl adjacent to an activating group) is 1. The maximum absolute atomic E-state index is 13.5. The van der Waals surface area contributed by atoms with Crippen LogP contribution in [0.25, 0.3) is 0 Å². The molecule has 5 nitrogen and oxygen atoms in total. The zero-order valence-electron chi connectivity index (χ0n) is 21.2. The fourth-order valence-corrected chi connectivity index (χ4v) is 3.91. The third kappa shape index (κ3) is 7.71. The summed E-state index contributed by atoms with van der Waals surface area (Å²) >= 11 is 0. The van der Waals surface area contributed by atoms with E-state index in [1.165, 1.54) is 5.56 Å². The first-order chi connectivity index (χ1) is 16.9. The summed E-state index contributed by atoms with van der Waals surface area (Å²) in [4.78, 5) is 28.3. The van der Waals surface area contributed by atoms with Gasteiger partial charge in [0.1, 0.15) is 11.8 Å². The zero-order chi connectivity index (χ0) is 25.2. The van der Waals surface area contributed by atoms with Gasteiger partial charge >= 0.3 is 0 Å². The zero-order valence-corrected chi connectivity index (χ0v) is 21.2. The van der Waals surface area contributed by atoms with Crippen LogP contribution in [0, 0.1) is 6.92 Å². The maximum atomic E-state index is 13.5. The Morgan fingerprint density at radius 2 is 1.54 bits per heavy atom. The quantitative estimate of drug-likeness (QED) is 0.413. The number of rotatable bonds is 11. The molecule has 0 heterocycles.